The number of hydrogen-bond acceptors (Lipinski definition) is 5. The fourth-order valence-corrected chi connectivity index (χ4v) is 1.90. The van der Waals surface area contributed by atoms with Crippen molar-refractivity contribution < 1.29 is 19.1 Å². The van der Waals surface area contributed by atoms with Crippen molar-refractivity contribution in [2.45, 2.75) is 13.3 Å². The summed E-state index contributed by atoms with van der Waals surface area (Å²) in [6.45, 7) is 1.71. The van der Waals surface area contributed by atoms with Crippen molar-refractivity contribution >= 4 is 35.3 Å². The molecule has 6 nitrogen and oxygen atoms in total. The molecule has 1 heterocycles. The Morgan fingerprint density at radius 3 is 2.67 bits per heavy atom. The van der Waals surface area contributed by atoms with Crippen LogP contribution < -0.4 is 20.1 Å². The molecule has 1 aromatic carbocycles. The summed E-state index contributed by atoms with van der Waals surface area (Å²) >= 11 is 4.85. The van der Waals surface area contributed by atoms with Gasteiger partial charge in [0.2, 0.25) is 0 Å². The molecule has 0 aliphatic carbocycles. The Balaban J connectivity index is 2.27. The van der Waals surface area contributed by atoms with Gasteiger partial charge in [0, 0.05) is 6.42 Å². The Bertz CT molecular complexity index is 640. The minimum absolute atomic E-state index is 0.270. The molecule has 1 fully saturated rings. The number of amides is 1. The lowest BCUT2D eigenvalue weighted by Crippen LogP contribution is -2.21. The van der Waals surface area contributed by atoms with Gasteiger partial charge in [0.15, 0.2) is 16.6 Å². The number of thiocarbonyl (C=S) groups is 1. The highest BCUT2D eigenvalue weighted by Crippen LogP contribution is 2.29. The number of ether oxygens (including phenoxy) is 2. The van der Waals surface area contributed by atoms with E-state index in [2.05, 4.69) is 10.6 Å². The summed E-state index contributed by atoms with van der Waals surface area (Å²) in [6.07, 6.45) is 1.90. The van der Waals surface area contributed by atoms with Crippen molar-refractivity contribution in [1.82, 2.24) is 10.6 Å². The van der Waals surface area contributed by atoms with Crippen molar-refractivity contribution in [3.63, 3.8) is 0 Å². The molecule has 0 spiro atoms. The molecular formula is C14H14N2O4S. The number of methoxy groups -OCH3 is 1. The minimum atomic E-state index is -0.346. The van der Waals surface area contributed by atoms with Crippen LogP contribution in [0.4, 0.5) is 0 Å². The zero-order chi connectivity index (χ0) is 15.4. The molecule has 7 heteroatoms. The van der Waals surface area contributed by atoms with Crippen LogP contribution in [0.25, 0.3) is 6.08 Å². The number of nitrogens with one attached hydrogen (secondary N) is 2. The van der Waals surface area contributed by atoms with E-state index < -0.39 is 0 Å². The third kappa shape index (κ3) is 3.57. The van der Waals surface area contributed by atoms with Crippen LogP contribution in [0.15, 0.2) is 23.9 Å². The fourth-order valence-electron chi connectivity index (χ4n) is 1.70. The normalized spacial score (nSPS) is 15.6. The van der Waals surface area contributed by atoms with E-state index in [1.807, 2.05) is 0 Å². The molecular weight excluding hydrogens is 292 g/mol. The lowest BCUT2D eigenvalue weighted by Gasteiger charge is -2.09. The van der Waals surface area contributed by atoms with E-state index in [4.69, 9.17) is 21.7 Å². The molecule has 0 atom stereocenters. The molecule has 0 radical (unpaired) electrons. The van der Waals surface area contributed by atoms with Crippen LogP contribution in [0, 0.1) is 0 Å². The largest absolute Gasteiger partial charge is 0.493 e. The van der Waals surface area contributed by atoms with Crippen molar-refractivity contribution in [2.24, 2.45) is 0 Å². The molecule has 21 heavy (non-hydrogen) atoms. The van der Waals surface area contributed by atoms with E-state index in [1.54, 1.807) is 31.2 Å². The van der Waals surface area contributed by atoms with Gasteiger partial charge in [0.05, 0.1) is 7.11 Å². The molecule has 1 aromatic rings. The highest BCUT2D eigenvalue weighted by atomic mass is 32.1. The standard InChI is InChI=1S/C14H14N2O4S/c1-3-12(17)20-10-5-4-8(7-11(10)19-2)6-9-13(18)16-14(21)15-9/h4-7H,3H2,1-2H3,(H2,15,16,18,21). The van der Waals surface area contributed by atoms with Crippen LogP contribution in [0.1, 0.15) is 18.9 Å². The maximum atomic E-state index is 11.6. The summed E-state index contributed by atoms with van der Waals surface area (Å²) in [4.78, 5) is 22.9. The molecule has 2 N–H and O–H groups in total. The van der Waals surface area contributed by atoms with Gasteiger partial charge >= 0.3 is 5.97 Å². The molecule has 2 rings (SSSR count). The topological polar surface area (TPSA) is 76.7 Å². The number of benzene rings is 1. The third-order valence-corrected chi connectivity index (χ3v) is 2.94. The first kappa shape index (κ1) is 15.0. The molecule has 1 aliphatic heterocycles. The molecule has 0 bridgehead atoms. The summed E-state index contributed by atoms with van der Waals surface area (Å²) in [5, 5.41) is 5.49. The second-order valence-corrected chi connectivity index (χ2v) is 4.61. The number of carbonyl (C=O) groups excluding carboxylic acids is 2. The van der Waals surface area contributed by atoms with E-state index in [0.29, 0.717) is 22.8 Å². The van der Waals surface area contributed by atoms with E-state index in [-0.39, 0.29) is 23.4 Å². The van der Waals surface area contributed by atoms with Gasteiger partial charge in [-0.1, -0.05) is 13.0 Å². The van der Waals surface area contributed by atoms with Gasteiger partial charge in [0.25, 0.3) is 5.91 Å². The summed E-state index contributed by atoms with van der Waals surface area (Å²) < 4.78 is 10.3. The van der Waals surface area contributed by atoms with Gasteiger partial charge in [-0.15, -0.1) is 0 Å². The Hall–Kier alpha value is -2.41. The second kappa shape index (κ2) is 6.36. The molecule has 110 valence electrons. The van der Waals surface area contributed by atoms with Crippen LogP contribution in [-0.4, -0.2) is 24.1 Å². The van der Waals surface area contributed by atoms with Crippen molar-refractivity contribution in [1.29, 1.82) is 0 Å². The van der Waals surface area contributed by atoms with E-state index in [0.717, 1.165) is 0 Å². The lowest BCUT2D eigenvalue weighted by atomic mass is 10.1. The minimum Gasteiger partial charge on any atom is -0.493 e. The lowest BCUT2D eigenvalue weighted by molar-refractivity contribution is -0.134. The Labute approximate surface area is 127 Å². The monoisotopic (exact) mass is 306 g/mol. The molecule has 0 aromatic heterocycles. The number of carbonyl (C=O) groups is 2. The zero-order valence-corrected chi connectivity index (χ0v) is 12.4. The highest BCUT2D eigenvalue weighted by molar-refractivity contribution is 7.80. The smallest absolute Gasteiger partial charge is 0.311 e. The Morgan fingerprint density at radius 1 is 1.33 bits per heavy atom. The first-order chi connectivity index (χ1) is 10.0. The van der Waals surface area contributed by atoms with E-state index in [9.17, 15) is 9.59 Å². The SMILES string of the molecule is CCC(=O)Oc1ccc(C=C2NC(=S)NC2=O)cc1OC. The van der Waals surface area contributed by atoms with Gasteiger partial charge in [-0.2, -0.15) is 0 Å². The average molecular weight is 306 g/mol. The molecule has 1 amide bonds. The van der Waals surface area contributed by atoms with Crippen LogP contribution >= 0.6 is 12.2 Å². The van der Waals surface area contributed by atoms with E-state index >= 15 is 0 Å². The van der Waals surface area contributed by atoms with Crippen LogP contribution in [0.3, 0.4) is 0 Å². The third-order valence-electron chi connectivity index (χ3n) is 2.73. The van der Waals surface area contributed by atoms with Gasteiger partial charge < -0.3 is 14.8 Å². The number of esters is 1. The zero-order valence-electron chi connectivity index (χ0n) is 11.6. The van der Waals surface area contributed by atoms with Gasteiger partial charge in [-0.05, 0) is 36.0 Å². The van der Waals surface area contributed by atoms with Gasteiger partial charge in [-0.25, -0.2) is 0 Å². The maximum absolute atomic E-state index is 11.6. The molecule has 0 unspecified atom stereocenters. The first-order valence-electron chi connectivity index (χ1n) is 6.26. The fraction of sp³-hybridized carbons (Fsp3) is 0.214. The quantitative estimate of drug-likeness (QED) is 0.378. The number of rotatable bonds is 4. The predicted octanol–water partition coefficient (Wildman–Crippen LogP) is 1.36. The summed E-state index contributed by atoms with van der Waals surface area (Å²) in [5.74, 6) is 0.111. The van der Waals surface area contributed by atoms with Gasteiger partial charge in [0.1, 0.15) is 5.70 Å². The maximum Gasteiger partial charge on any atom is 0.311 e. The van der Waals surface area contributed by atoms with Crippen LogP contribution in [-0.2, 0) is 9.59 Å². The molecule has 1 saturated heterocycles. The second-order valence-electron chi connectivity index (χ2n) is 4.20. The van der Waals surface area contributed by atoms with Crippen LogP contribution in [0.2, 0.25) is 0 Å². The van der Waals surface area contributed by atoms with Crippen LogP contribution in [0.5, 0.6) is 11.5 Å². The summed E-state index contributed by atoms with van der Waals surface area (Å²) in [7, 11) is 1.48. The predicted molar refractivity (Wildman–Crippen MR) is 80.8 cm³/mol. The average Bonchev–Trinajstić information content (AvgIpc) is 2.78. The van der Waals surface area contributed by atoms with Crippen molar-refractivity contribution in [2.75, 3.05) is 7.11 Å². The summed E-state index contributed by atoms with van der Waals surface area (Å²) in [6, 6.07) is 5.00. The van der Waals surface area contributed by atoms with Crippen molar-refractivity contribution in [3.05, 3.63) is 29.5 Å². The Kier molecular flexibility index (Phi) is 4.54. The van der Waals surface area contributed by atoms with Gasteiger partial charge in [-0.3, -0.25) is 14.9 Å². The first-order valence-corrected chi connectivity index (χ1v) is 6.67. The Morgan fingerprint density at radius 2 is 2.10 bits per heavy atom. The summed E-state index contributed by atoms with van der Waals surface area (Å²) in [5.41, 5.74) is 1.06. The number of hydrogen-bond donors (Lipinski definition) is 2. The molecule has 1 aliphatic rings. The highest BCUT2D eigenvalue weighted by Gasteiger charge is 2.20. The van der Waals surface area contributed by atoms with E-state index in [1.165, 1.54) is 7.11 Å². The molecule has 0 saturated carbocycles. The van der Waals surface area contributed by atoms with Crippen molar-refractivity contribution in [3.8, 4) is 11.5 Å².